The number of hydrogen-bond donors (Lipinski definition) is 1. The third-order valence-electron chi connectivity index (χ3n) is 6.63. The van der Waals surface area contributed by atoms with Crippen LogP contribution >= 0.6 is 23.6 Å². The number of anilines is 1. The number of nitrogens with one attached hydrogen (secondary N) is 1. The molecule has 1 saturated heterocycles. The number of amides is 2. The van der Waals surface area contributed by atoms with Gasteiger partial charge in [0.05, 0.1) is 34.2 Å². The van der Waals surface area contributed by atoms with Crippen LogP contribution in [0.4, 0.5) is 5.69 Å². The molecule has 2 amide bonds. The molecule has 5 rings (SSSR count). The second kappa shape index (κ2) is 11.8. The number of nitrogens with zero attached hydrogens (tertiary/aromatic N) is 3. The van der Waals surface area contributed by atoms with Crippen LogP contribution < -0.4 is 29.8 Å². The monoisotopic (exact) mass is 604 g/mol. The second-order valence-electron chi connectivity index (χ2n) is 9.81. The van der Waals surface area contributed by atoms with Gasteiger partial charge in [-0.3, -0.25) is 23.9 Å². The van der Waals surface area contributed by atoms with E-state index in [0.717, 1.165) is 11.3 Å². The number of carbonyl (C=O) groups is 3. The van der Waals surface area contributed by atoms with Crippen LogP contribution in [0.1, 0.15) is 39.3 Å². The Morgan fingerprint density at radius 2 is 1.81 bits per heavy atom. The fourth-order valence-corrected chi connectivity index (χ4v) is 6.23. The van der Waals surface area contributed by atoms with Crippen LogP contribution in [0, 0.1) is 5.92 Å². The number of thiocarbonyl (C=S) groups is 1. The highest BCUT2D eigenvalue weighted by atomic mass is 32.1. The summed E-state index contributed by atoms with van der Waals surface area (Å²) in [5.74, 6) is -2.65. The third-order valence-corrected chi connectivity index (χ3v) is 7.91. The Kier molecular flexibility index (Phi) is 8.19. The lowest BCUT2D eigenvalue weighted by molar-refractivity contribution is -0.139. The fourth-order valence-electron chi connectivity index (χ4n) is 4.88. The largest absolute Gasteiger partial charge is 0.491 e. The first-order valence-corrected chi connectivity index (χ1v) is 14.5. The number of thiazole rings is 1. The number of benzene rings is 2. The molecule has 2 aliphatic rings. The molecule has 42 heavy (non-hydrogen) atoms. The molecular formula is C30H28N4O6S2. The zero-order valence-corrected chi connectivity index (χ0v) is 25.0. The average molecular weight is 605 g/mol. The van der Waals surface area contributed by atoms with E-state index in [1.165, 1.54) is 15.5 Å². The zero-order chi connectivity index (χ0) is 30.1. The molecule has 3 aromatic rings. The van der Waals surface area contributed by atoms with Crippen molar-refractivity contribution >= 4 is 58.2 Å². The molecule has 12 heteroatoms. The summed E-state index contributed by atoms with van der Waals surface area (Å²) in [7, 11) is 0. The standard InChI is InChI=1S/C30H28N4O6S2/c1-5-39-28(38)23-17(4)31-30-34(24(23)19-13-9-10-14-21(19)40-16(2)3)27(37)22(42-30)15-20-25(35)32-29(41)33(26(20)36)18-11-7-6-8-12-18/h6-16,20,24H,5H2,1-4H3,(H,32,35,41)/b22-15+/t20-,24-/m1/s1. The number of hydrogen-bond acceptors (Lipinski definition) is 9. The van der Waals surface area contributed by atoms with Gasteiger partial charge in [-0.05, 0) is 64.2 Å². The van der Waals surface area contributed by atoms with Gasteiger partial charge in [-0.25, -0.2) is 9.79 Å². The minimum absolute atomic E-state index is 0.0428. The van der Waals surface area contributed by atoms with Gasteiger partial charge in [0.25, 0.3) is 5.56 Å². The van der Waals surface area contributed by atoms with E-state index >= 15 is 0 Å². The molecule has 216 valence electrons. The molecule has 0 spiro atoms. The first-order valence-electron chi connectivity index (χ1n) is 13.3. The molecular weight excluding hydrogens is 576 g/mol. The smallest absolute Gasteiger partial charge is 0.338 e. The topological polar surface area (TPSA) is 119 Å². The lowest BCUT2D eigenvalue weighted by Crippen LogP contribution is -2.58. The number of ether oxygens (including phenoxy) is 2. The Hall–Kier alpha value is -4.42. The Bertz CT molecular complexity index is 1810. The number of aromatic nitrogens is 1. The summed E-state index contributed by atoms with van der Waals surface area (Å²) in [4.78, 5) is 59.9. The minimum Gasteiger partial charge on any atom is -0.491 e. The van der Waals surface area contributed by atoms with Crippen LogP contribution in [-0.2, 0) is 19.1 Å². The van der Waals surface area contributed by atoms with Crippen molar-refractivity contribution in [3.8, 4) is 5.75 Å². The minimum atomic E-state index is -1.32. The summed E-state index contributed by atoms with van der Waals surface area (Å²) in [6.45, 7) is 7.28. The van der Waals surface area contributed by atoms with Crippen LogP contribution in [0.5, 0.6) is 5.75 Å². The molecule has 3 heterocycles. The number of esters is 1. The molecule has 2 aliphatic heterocycles. The second-order valence-corrected chi connectivity index (χ2v) is 11.2. The summed E-state index contributed by atoms with van der Waals surface area (Å²) in [5, 5.41) is 2.52. The lowest BCUT2D eigenvalue weighted by atomic mass is 9.95. The SMILES string of the molecule is CCOC(=O)C1=C(C)N=c2s/c(=C/[C@@H]3C(=O)NC(=S)N(c4ccccc4)C3=O)c(=O)n2[C@@H]1c1ccccc1OC(C)C. The van der Waals surface area contributed by atoms with E-state index in [-0.39, 0.29) is 27.9 Å². The number of allylic oxidation sites excluding steroid dienone is 1. The van der Waals surface area contributed by atoms with E-state index in [2.05, 4.69) is 10.3 Å². The van der Waals surface area contributed by atoms with E-state index in [1.54, 1.807) is 62.4 Å². The molecule has 0 radical (unpaired) electrons. The maximum Gasteiger partial charge on any atom is 0.338 e. The molecule has 0 bridgehead atoms. The Labute approximate surface area is 250 Å². The Morgan fingerprint density at radius 1 is 1.12 bits per heavy atom. The molecule has 1 fully saturated rings. The number of carbonyl (C=O) groups excluding carboxylic acids is 3. The first-order chi connectivity index (χ1) is 20.1. The molecule has 2 atom stereocenters. The molecule has 2 aromatic carbocycles. The summed E-state index contributed by atoms with van der Waals surface area (Å²) in [5.41, 5.74) is 1.13. The summed E-state index contributed by atoms with van der Waals surface area (Å²) in [6, 6.07) is 14.9. The normalized spacial score (nSPS) is 19.0. The summed E-state index contributed by atoms with van der Waals surface area (Å²) >= 11 is 6.30. The molecule has 0 aliphatic carbocycles. The van der Waals surface area contributed by atoms with Gasteiger partial charge in [-0.15, -0.1) is 0 Å². The summed E-state index contributed by atoms with van der Waals surface area (Å²) < 4.78 is 12.9. The van der Waals surface area contributed by atoms with Gasteiger partial charge in [-0.1, -0.05) is 47.7 Å². The number of rotatable bonds is 7. The van der Waals surface area contributed by atoms with Gasteiger partial charge in [0.15, 0.2) is 9.91 Å². The molecule has 1 N–H and O–H groups in total. The van der Waals surface area contributed by atoms with E-state index in [1.807, 2.05) is 19.9 Å². The van der Waals surface area contributed by atoms with E-state index < -0.39 is 35.3 Å². The predicted octanol–water partition coefficient (Wildman–Crippen LogP) is 2.60. The van der Waals surface area contributed by atoms with Crippen molar-refractivity contribution in [1.29, 1.82) is 0 Å². The maximum absolute atomic E-state index is 14.1. The van der Waals surface area contributed by atoms with Crippen molar-refractivity contribution in [2.24, 2.45) is 10.9 Å². The van der Waals surface area contributed by atoms with Gasteiger partial charge in [0, 0.05) is 5.56 Å². The number of fused-ring (bicyclic) bond motifs is 1. The lowest BCUT2D eigenvalue weighted by Gasteiger charge is -2.31. The molecule has 0 saturated carbocycles. The quantitative estimate of drug-likeness (QED) is 0.250. The molecule has 10 nitrogen and oxygen atoms in total. The average Bonchev–Trinajstić information content (AvgIpc) is 3.25. The van der Waals surface area contributed by atoms with Gasteiger partial charge in [-0.2, -0.15) is 0 Å². The highest BCUT2D eigenvalue weighted by molar-refractivity contribution is 7.80. The number of para-hydroxylation sites is 2. The van der Waals surface area contributed by atoms with Crippen molar-refractivity contribution < 1.29 is 23.9 Å². The van der Waals surface area contributed by atoms with Crippen molar-refractivity contribution in [3.63, 3.8) is 0 Å². The van der Waals surface area contributed by atoms with Gasteiger partial charge in [0.1, 0.15) is 17.7 Å². The van der Waals surface area contributed by atoms with Crippen molar-refractivity contribution in [3.05, 3.63) is 91.1 Å². The van der Waals surface area contributed by atoms with Crippen molar-refractivity contribution in [2.75, 3.05) is 11.5 Å². The van der Waals surface area contributed by atoms with E-state index in [4.69, 9.17) is 21.7 Å². The maximum atomic E-state index is 14.1. The van der Waals surface area contributed by atoms with Crippen LogP contribution in [0.15, 0.2) is 75.7 Å². The van der Waals surface area contributed by atoms with Crippen LogP contribution in [0.3, 0.4) is 0 Å². The van der Waals surface area contributed by atoms with E-state index in [0.29, 0.717) is 27.5 Å². The Balaban J connectivity index is 1.68. The van der Waals surface area contributed by atoms with E-state index in [9.17, 15) is 19.2 Å². The van der Waals surface area contributed by atoms with Crippen LogP contribution in [0.2, 0.25) is 0 Å². The van der Waals surface area contributed by atoms with Crippen LogP contribution in [0.25, 0.3) is 6.08 Å². The van der Waals surface area contributed by atoms with Crippen molar-refractivity contribution in [2.45, 2.75) is 39.8 Å². The molecule has 0 unspecified atom stereocenters. The van der Waals surface area contributed by atoms with Gasteiger partial charge >= 0.3 is 5.97 Å². The highest BCUT2D eigenvalue weighted by Gasteiger charge is 2.39. The predicted molar refractivity (Wildman–Crippen MR) is 162 cm³/mol. The van der Waals surface area contributed by atoms with Crippen molar-refractivity contribution in [1.82, 2.24) is 9.88 Å². The third kappa shape index (κ3) is 5.30. The molecule has 1 aromatic heterocycles. The Morgan fingerprint density at radius 3 is 2.50 bits per heavy atom. The van der Waals surface area contributed by atoms with Crippen LogP contribution in [-0.4, -0.2) is 40.2 Å². The zero-order valence-electron chi connectivity index (χ0n) is 23.3. The fraction of sp³-hybridized carbons (Fsp3) is 0.267. The highest BCUT2D eigenvalue weighted by Crippen LogP contribution is 2.36. The van der Waals surface area contributed by atoms with Gasteiger partial charge < -0.3 is 14.8 Å². The first kappa shape index (κ1) is 29.1. The summed E-state index contributed by atoms with van der Waals surface area (Å²) in [6.07, 6.45) is 1.16. The van der Waals surface area contributed by atoms with Gasteiger partial charge in [0.2, 0.25) is 11.8 Å².